The first-order chi connectivity index (χ1) is 8.20. The van der Waals surface area contributed by atoms with Crippen molar-refractivity contribution < 1.29 is 4.74 Å². The van der Waals surface area contributed by atoms with E-state index in [2.05, 4.69) is 35.7 Å². The summed E-state index contributed by atoms with van der Waals surface area (Å²) in [6.45, 7) is 3.77. The maximum atomic E-state index is 5.94. The van der Waals surface area contributed by atoms with E-state index < -0.39 is 0 Å². The minimum Gasteiger partial charge on any atom is -0.374 e. The molecular formula is C13H22N2OS. The second-order valence-corrected chi connectivity index (χ2v) is 5.69. The van der Waals surface area contributed by atoms with Gasteiger partial charge in [-0.15, -0.1) is 0 Å². The van der Waals surface area contributed by atoms with Gasteiger partial charge in [0.2, 0.25) is 0 Å². The number of hydrogen-bond acceptors (Lipinski definition) is 4. The SMILES string of the molecule is CC1CCC(C(CN)N(C)Cc2ccsc2)O1. The molecule has 2 N–H and O–H groups in total. The average Bonchev–Trinajstić information content (AvgIpc) is 2.91. The zero-order valence-electron chi connectivity index (χ0n) is 10.6. The molecule has 0 amide bonds. The van der Waals surface area contributed by atoms with Gasteiger partial charge in [0, 0.05) is 19.1 Å². The van der Waals surface area contributed by atoms with Crippen LogP contribution in [-0.4, -0.2) is 36.7 Å². The first kappa shape index (κ1) is 13.0. The number of hydrogen-bond donors (Lipinski definition) is 1. The first-order valence-corrected chi connectivity index (χ1v) is 7.22. The minimum absolute atomic E-state index is 0.304. The molecular weight excluding hydrogens is 232 g/mol. The summed E-state index contributed by atoms with van der Waals surface area (Å²) in [5.74, 6) is 0. The Labute approximate surface area is 108 Å². The van der Waals surface area contributed by atoms with Crippen LogP contribution in [0.1, 0.15) is 25.3 Å². The lowest BCUT2D eigenvalue weighted by atomic mass is 10.1. The van der Waals surface area contributed by atoms with Gasteiger partial charge in [-0.3, -0.25) is 4.90 Å². The zero-order valence-corrected chi connectivity index (χ0v) is 11.5. The van der Waals surface area contributed by atoms with E-state index in [1.807, 2.05) is 0 Å². The van der Waals surface area contributed by atoms with E-state index in [9.17, 15) is 0 Å². The van der Waals surface area contributed by atoms with Crippen molar-refractivity contribution in [1.29, 1.82) is 0 Å². The Morgan fingerprint density at radius 2 is 2.41 bits per heavy atom. The van der Waals surface area contributed by atoms with Crippen molar-refractivity contribution in [2.75, 3.05) is 13.6 Å². The van der Waals surface area contributed by atoms with E-state index in [0.717, 1.165) is 19.4 Å². The van der Waals surface area contributed by atoms with E-state index in [0.29, 0.717) is 24.8 Å². The summed E-state index contributed by atoms with van der Waals surface area (Å²) in [5, 5.41) is 4.32. The topological polar surface area (TPSA) is 38.5 Å². The summed E-state index contributed by atoms with van der Waals surface area (Å²) < 4.78 is 5.94. The molecule has 3 nitrogen and oxygen atoms in total. The van der Waals surface area contributed by atoms with E-state index in [1.165, 1.54) is 5.56 Å². The normalized spacial score (nSPS) is 26.6. The van der Waals surface area contributed by atoms with Crippen molar-refractivity contribution in [1.82, 2.24) is 4.90 Å². The van der Waals surface area contributed by atoms with Gasteiger partial charge in [0.05, 0.1) is 12.2 Å². The molecule has 96 valence electrons. The van der Waals surface area contributed by atoms with Gasteiger partial charge in [-0.1, -0.05) is 0 Å². The van der Waals surface area contributed by atoms with Crippen LogP contribution < -0.4 is 5.73 Å². The molecule has 1 fully saturated rings. The van der Waals surface area contributed by atoms with Crippen LogP contribution in [0.2, 0.25) is 0 Å². The highest BCUT2D eigenvalue weighted by molar-refractivity contribution is 7.07. The molecule has 3 atom stereocenters. The predicted octanol–water partition coefficient (Wildman–Crippen LogP) is 2.07. The predicted molar refractivity (Wildman–Crippen MR) is 72.2 cm³/mol. The Kier molecular flexibility index (Phi) is 4.56. The van der Waals surface area contributed by atoms with Crippen LogP contribution in [0, 0.1) is 0 Å². The molecule has 17 heavy (non-hydrogen) atoms. The second-order valence-electron chi connectivity index (χ2n) is 4.91. The van der Waals surface area contributed by atoms with E-state index in [-0.39, 0.29) is 0 Å². The molecule has 1 aromatic heterocycles. The maximum absolute atomic E-state index is 5.94. The molecule has 1 aliphatic rings. The van der Waals surface area contributed by atoms with Gasteiger partial charge < -0.3 is 10.5 Å². The number of ether oxygens (including phenoxy) is 1. The quantitative estimate of drug-likeness (QED) is 0.874. The van der Waals surface area contributed by atoms with Crippen molar-refractivity contribution in [3.05, 3.63) is 22.4 Å². The third kappa shape index (κ3) is 3.28. The number of nitrogens with two attached hydrogens (primary N) is 1. The number of thiophene rings is 1. The smallest absolute Gasteiger partial charge is 0.0747 e. The molecule has 1 aromatic rings. The molecule has 2 heterocycles. The largest absolute Gasteiger partial charge is 0.374 e. The standard InChI is InChI=1S/C13H22N2OS/c1-10-3-4-13(16-10)12(7-14)15(2)8-11-5-6-17-9-11/h5-6,9-10,12-13H,3-4,7-8,14H2,1-2H3. The molecule has 1 aliphatic heterocycles. The number of likely N-dealkylation sites (N-methyl/N-ethyl adjacent to an activating group) is 1. The fraction of sp³-hybridized carbons (Fsp3) is 0.692. The summed E-state index contributed by atoms with van der Waals surface area (Å²) in [4.78, 5) is 2.32. The average molecular weight is 254 g/mol. The fourth-order valence-corrected chi connectivity index (χ4v) is 3.18. The molecule has 0 aliphatic carbocycles. The Morgan fingerprint density at radius 3 is 2.94 bits per heavy atom. The molecule has 0 saturated carbocycles. The van der Waals surface area contributed by atoms with Gasteiger partial charge in [0.1, 0.15) is 0 Å². The number of rotatable bonds is 5. The fourth-order valence-electron chi connectivity index (χ4n) is 2.52. The molecule has 0 aromatic carbocycles. The van der Waals surface area contributed by atoms with Crippen LogP contribution in [0.15, 0.2) is 16.8 Å². The third-order valence-electron chi connectivity index (χ3n) is 3.51. The van der Waals surface area contributed by atoms with E-state index >= 15 is 0 Å². The summed E-state index contributed by atoms with van der Waals surface area (Å²) in [6, 6.07) is 2.51. The molecule has 3 unspecified atom stereocenters. The van der Waals surface area contributed by atoms with Crippen molar-refractivity contribution in [2.24, 2.45) is 5.73 Å². The summed E-state index contributed by atoms with van der Waals surface area (Å²) in [5.41, 5.74) is 7.27. The van der Waals surface area contributed by atoms with Crippen LogP contribution in [0.25, 0.3) is 0 Å². The third-order valence-corrected chi connectivity index (χ3v) is 4.25. The van der Waals surface area contributed by atoms with Crippen LogP contribution in [0.4, 0.5) is 0 Å². The van der Waals surface area contributed by atoms with E-state index in [4.69, 9.17) is 10.5 Å². The second kappa shape index (κ2) is 5.96. The Morgan fingerprint density at radius 1 is 1.59 bits per heavy atom. The Balaban J connectivity index is 1.93. The maximum Gasteiger partial charge on any atom is 0.0747 e. The van der Waals surface area contributed by atoms with Crippen molar-refractivity contribution in [3.63, 3.8) is 0 Å². The molecule has 1 saturated heterocycles. The Bertz CT molecular complexity index is 328. The monoisotopic (exact) mass is 254 g/mol. The Hall–Kier alpha value is -0.420. The van der Waals surface area contributed by atoms with Crippen LogP contribution in [0.3, 0.4) is 0 Å². The molecule has 0 bridgehead atoms. The van der Waals surface area contributed by atoms with Crippen LogP contribution >= 0.6 is 11.3 Å². The van der Waals surface area contributed by atoms with Crippen LogP contribution in [0.5, 0.6) is 0 Å². The summed E-state index contributed by atoms with van der Waals surface area (Å²) in [7, 11) is 2.14. The number of nitrogens with zero attached hydrogens (tertiary/aromatic N) is 1. The van der Waals surface area contributed by atoms with Gasteiger partial charge in [-0.25, -0.2) is 0 Å². The van der Waals surface area contributed by atoms with Gasteiger partial charge in [0.15, 0.2) is 0 Å². The molecule has 4 heteroatoms. The lowest BCUT2D eigenvalue weighted by Gasteiger charge is -2.31. The van der Waals surface area contributed by atoms with Crippen LogP contribution in [-0.2, 0) is 11.3 Å². The van der Waals surface area contributed by atoms with Crippen molar-refractivity contribution in [3.8, 4) is 0 Å². The molecule has 2 rings (SSSR count). The summed E-state index contributed by atoms with van der Waals surface area (Å²) >= 11 is 1.74. The molecule has 0 spiro atoms. The zero-order chi connectivity index (χ0) is 12.3. The van der Waals surface area contributed by atoms with Gasteiger partial charge >= 0.3 is 0 Å². The van der Waals surface area contributed by atoms with Crippen molar-refractivity contribution in [2.45, 2.75) is 44.6 Å². The van der Waals surface area contributed by atoms with Crippen molar-refractivity contribution >= 4 is 11.3 Å². The van der Waals surface area contributed by atoms with E-state index in [1.54, 1.807) is 11.3 Å². The molecule has 0 radical (unpaired) electrons. The summed E-state index contributed by atoms with van der Waals surface area (Å²) in [6.07, 6.45) is 2.99. The lowest BCUT2D eigenvalue weighted by Crippen LogP contribution is -2.46. The first-order valence-electron chi connectivity index (χ1n) is 6.27. The van der Waals surface area contributed by atoms with Gasteiger partial charge in [-0.2, -0.15) is 11.3 Å². The van der Waals surface area contributed by atoms with Gasteiger partial charge in [0.25, 0.3) is 0 Å². The highest BCUT2D eigenvalue weighted by Crippen LogP contribution is 2.24. The highest BCUT2D eigenvalue weighted by atomic mass is 32.1. The lowest BCUT2D eigenvalue weighted by molar-refractivity contribution is 0.000870. The van der Waals surface area contributed by atoms with Gasteiger partial charge in [-0.05, 0) is 49.2 Å². The minimum atomic E-state index is 0.304. The highest BCUT2D eigenvalue weighted by Gasteiger charge is 2.31.